The summed E-state index contributed by atoms with van der Waals surface area (Å²) < 4.78 is 26.8. The predicted molar refractivity (Wildman–Crippen MR) is 124 cm³/mol. The Hall–Kier alpha value is -2.51. The molecule has 2 aliphatic rings. The van der Waals surface area contributed by atoms with Crippen molar-refractivity contribution < 1.29 is 18.0 Å². The Labute approximate surface area is 190 Å². The predicted octanol–water partition coefficient (Wildman–Crippen LogP) is 3.20. The molecular formula is C25H30N2O4S. The number of Topliss-reactive ketones (excluding diaryl/α,β-unsaturated/α-hetero) is 1. The van der Waals surface area contributed by atoms with Gasteiger partial charge in [-0.05, 0) is 48.4 Å². The number of amides is 1. The smallest absolute Gasteiger partial charge is 0.223 e. The maximum atomic E-state index is 12.7. The Kier molecular flexibility index (Phi) is 7.06. The van der Waals surface area contributed by atoms with Gasteiger partial charge in [0, 0.05) is 44.6 Å². The number of ketones is 1. The van der Waals surface area contributed by atoms with Gasteiger partial charge in [0.15, 0.2) is 5.78 Å². The molecule has 2 aromatic rings. The lowest BCUT2D eigenvalue weighted by atomic mass is 9.89. The van der Waals surface area contributed by atoms with Crippen LogP contribution >= 0.6 is 0 Å². The van der Waals surface area contributed by atoms with Gasteiger partial charge in [-0.15, -0.1) is 0 Å². The second-order valence-corrected chi connectivity index (χ2v) is 10.6. The van der Waals surface area contributed by atoms with Gasteiger partial charge in [0.2, 0.25) is 15.9 Å². The molecule has 1 heterocycles. The summed E-state index contributed by atoms with van der Waals surface area (Å²) in [6.45, 7) is 1.30. The van der Waals surface area contributed by atoms with Crippen LogP contribution in [0, 0.1) is 0 Å². The van der Waals surface area contributed by atoms with E-state index in [-0.39, 0.29) is 30.3 Å². The van der Waals surface area contributed by atoms with Gasteiger partial charge in [-0.1, -0.05) is 42.5 Å². The molecule has 6 nitrogen and oxygen atoms in total. The number of fused-ring (bicyclic) bond motifs is 1. The van der Waals surface area contributed by atoms with Crippen molar-refractivity contribution in [1.29, 1.82) is 0 Å². The third-order valence-corrected chi connectivity index (χ3v) is 8.26. The van der Waals surface area contributed by atoms with Crippen LogP contribution in [0.1, 0.15) is 52.7 Å². The van der Waals surface area contributed by atoms with Gasteiger partial charge in [0.25, 0.3) is 0 Å². The number of nitrogens with zero attached hydrogens (tertiary/aromatic N) is 2. The van der Waals surface area contributed by atoms with Crippen LogP contribution < -0.4 is 0 Å². The highest BCUT2D eigenvalue weighted by Crippen LogP contribution is 2.23. The van der Waals surface area contributed by atoms with Crippen LogP contribution in [0.15, 0.2) is 48.5 Å². The number of hydrogen-bond acceptors (Lipinski definition) is 4. The summed E-state index contributed by atoms with van der Waals surface area (Å²) >= 11 is 0. The van der Waals surface area contributed by atoms with Crippen LogP contribution in [0.2, 0.25) is 0 Å². The van der Waals surface area contributed by atoms with E-state index < -0.39 is 10.0 Å². The van der Waals surface area contributed by atoms with Gasteiger partial charge >= 0.3 is 0 Å². The van der Waals surface area contributed by atoms with Crippen LogP contribution in [0.4, 0.5) is 0 Å². The lowest BCUT2D eigenvalue weighted by Crippen LogP contribution is -2.50. The van der Waals surface area contributed by atoms with E-state index in [0.29, 0.717) is 31.7 Å². The molecule has 1 amide bonds. The molecule has 0 radical (unpaired) electrons. The number of carbonyl (C=O) groups is 2. The molecule has 0 unspecified atom stereocenters. The summed E-state index contributed by atoms with van der Waals surface area (Å²) in [5.74, 6) is -0.121. The fourth-order valence-electron chi connectivity index (χ4n) is 4.52. The minimum absolute atomic E-state index is 0.00389. The van der Waals surface area contributed by atoms with E-state index in [0.717, 1.165) is 24.8 Å². The quantitative estimate of drug-likeness (QED) is 0.602. The molecule has 0 bridgehead atoms. The Morgan fingerprint density at radius 2 is 1.50 bits per heavy atom. The molecule has 0 atom stereocenters. The first-order valence-electron chi connectivity index (χ1n) is 11.4. The first-order valence-corrected chi connectivity index (χ1v) is 13.0. The highest BCUT2D eigenvalue weighted by molar-refractivity contribution is 7.88. The Morgan fingerprint density at radius 3 is 2.22 bits per heavy atom. The minimum Gasteiger partial charge on any atom is -0.340 e. The molecule has 2 aromatic carbocycles. The summed E-state index contributed by atoms with van der Waals surface area (Å²) in [7, 11) is -3.41. The molecule has 1 fully saturated rings. The number of benzene rings is 2. The zero-order valence-electron chi connectivity index (χ0n) is 18.3. The van der Waals surface area contributed by atoms with Gasteiger partial charge in [-0.25, -0.2) is 8.42 Å². The zero-order chi connectivity index (χ0) is 22.6. The van der Waals surface area contributed by atoms with E-state index in [2.05, 4.69) is 6.07 Å². The topological polar surface area (TPSA) is 74.8 Å². The maximum Gasteiger partial charge on any atom is 0.223 e. The molecular weight excluding hydrogens is 424 g/mol. The zero-order valence-corrected chi connectivity index (χ0v) is 19.1. The highest BCUT2D eigenvalue weighted by Gasteiger charge is 2.29. The summed E-state index contributed by atoms with van der Waals surface area (Å²) in [6, 6.07) is 15.0. The van der Waals surface area contributed by atoms with Crippen molar-refractivity contribution in [3.63, 3.8) is 0 Å². The number of carbonyl (C=O) groups excluding carboxylic acids is 2. The van der Waals surface area contributed by atoms with E-state index in [1.807, 2.05) is 30.3 Å². The average Bonchev–Trinajstić information content (AvgIpc) is 2.82. The van der Waals surface area contributed by atoms with E-state index in [9.17, 15) is 18.0 Å². The van der Waals surface area contributed by atoms with E-state index in [4.69, 9.17) is 0 Å². The Morgan fingerprint density at radius 1 is 0.812 bits per heavy atom. The van der Waals surface area contributed by atoms with Gasteiger partial charge in [0.05, 0.1) is 5.75 Å². The van der Waals surface area contributed by atoms with Gasteiger partial charge in [-0.2, -0.15) is 4.31 Å². The second kappa shape index (κ2) is 9.96. The number of sulfonamides is 1. The number of aryl methyl sites for hydroxylation is 2. The number of piperazine rings is 1. The van der Waals surface area contributed by atoms with Crippen molar-refractivity contribution >= 4 is 21.7 Å². The van der Waals surface area contributed by atoms with Gasteiger partial charge in [0.1, 0.15) is 0 Å². The monoisotopic (exact) mass is 454 g/mol. The van der Waals surface area contributed by atoms with Gasteiger partial charge in [-0.3, -0.25) is 9.59 Å². The van der Waals surface area contributed by atoms with Crippen molar-refractivity contribution in [2.75, 3.05) is 26.2 Å². The van der Waals surface area contributed by atoms with Crippen LogP contribution in [-0.4, -0.2) is 55.5 Å². The first kappa shape index (κ1) is 22.7. The highest BCUT2D eigenvalue weighted by atomic mass is 32.2. The number of hydrogen-bond donors (Lipinski definition) is 0. The molecule has 7 heteroatoms. The molecule has 170 valence electrons. The maximum absolute atomic E-state index is 12.7. The fraction of sp³-hybridized carbons (Fsp3) is 0.440. The molecule has 0 spiro atoms. The van der Waals surface area contributed by atoms with Crippen LogP contribution in [0.25, 0.3) is 0 Å². The van der Waals surface area contributed by atoms with Crippen LogP contribution in [-0.2, 0) is 33.4 Å². The van der Waals surface area contributed by atoms with Crippen molar-refractivity contribution in [2.24, 2.45) is 0 Å². The lowest BCUT2D eigenvalue weighted by Gasteiger charge is -2.34. The molecule has 1 aliphatic heterocycles. The van der Waals surface area contributed by atoms with Crippen molar-refractivity contribution in [1.82, 2.24) is 9.21 Å². The second-order valence-electron chi connectivity index (χ2n) is 8.64. The molecule has 32 heavy (non-hydrogen) atoms. The Bertz CT molecular complexity index is 1070. The third kappa shape index (κ3) is 5.45. The Balaban J connectivity index is 1.26. The summed E-state index contributed by atoms with van der Waals surface area (Å²) in [4.78, 5) is 26.9. The van der Waals surface area contributed by atoms with E-state index in [1.165, 1.54) is 21.9 Å². The van der Waals surface area contributed by atoms with E-state index in [1.54, 1.807) is 17.0 Å². The SMILES string of the molecule is O=C(CCC(=O)N1CCN(S(=O)(=O)Cc2ccccc2)CC1)c1ccc2c(c1)CCCC2. The van der Waals surface area contributed by atoms with Crippen molar-refractivity contribution in [3.05, 3.63) is 70.8 Å². The van der Waals surface area contributed by atoms with Crippen LogP contribution in [0.5, 0.6) is 0 Å². The van der Waals surface area contributed by atoms with Gasteiger partial charge < -0.3 is 4.90 Å². The standard InChI is InChI=1S/C25H30N2O4S/c28-24(23-11-10-21-8-4-5-9-22(21)18-23)12-13-25(29)26-14-16-27(17-15-26)32(30,31)19-20-6-2-1-3-7-20/h1-3,6-7,10-11,18H,4-5,8-9,12-17,19H2. The third-order valence-electron chi connectivity index (χ3n) is 6.41. The van der Waals surface area contributed by atoms with Crippen molar-refractivity contribution in [3.8, 4) is 0 Å². The molecule has 0 saturated carbocycles. The normalized spacial score (nSPS) is 17.1. The minimum atomic E-state index is -3.41. The largest absolute Gasteiger partial charge is 0.340 e. The summed E-state index contributed by atoms with van der Waals surface area (Å²) in [5.41, 5.74) is 4.05. The molecule has 4 rings (SSSR count). The lowest BCUT2D eigenvalue weighted by molar-refractivity contribution is -0.132. The fourth-order valence-corrected chi connectivity index (χ4v) is 6.04. The summed E-state index contributed by atoms with van der Waals surface area (Å²) in [5, 5.41) is 0. The molecule has 0 N–H and O–H groups in total. The van der Waals surface area contributed by atoms with Crippen molar-refractivity contribution in [2.45, 2.75) is 44.3 Å². The van der Waals surface area contributed by atoms with E-state index >= 15 is 0 Å². The van der Waals surface area contributed by atoms with Crippen LogP contribution in [0.3, 0.4) is 0 Å². The summed E-state index contributed by atoms with van der Waals surface area (Å²) in [6.07, 6.45) is 4.81. The molecule has 1 saturated heterocycles. The first-order chi connectivity index (χ1) is 15.4. The average molecular weight is 455 g/mol. The molecule has 1 aliphatic carbocycles. The number of rotatable bonds is 7. The molecule has 0 aromatic heterocycles.